The van der Waals surface area contributed by atoms with Crippen LogP contribution in [0.15, 0.2) is 72.9 Å². The molecule has 300 valence electrons. The summed E-state index contributed by atoms with van der Waals surface area (Å²) in [5, 5.41) is 0. The Morgan fingerprint density at radius 1 is 0.615 bits per heavy atom. The molecule has 0 fully saturated rings. The lowest BCUT2D eigenvalue weighted by molar-refractivity contribution is -0.870. The zero-order chi connectivity index (χ0) is 38.4. The third-order valence-electron chi connectivity index (χ3n) is 8.03. The van der Waals surface area contributed by atoms with E-state index in [-0.39, 0.29) is 25.8 Å². The normalized spacial score (nSPS) is 14.7. The number of likely N-dealkylation sites (N-methyl/N-ethyl adjacent to an activating group) is 1. The van der Waals surface area contributed by atoms with Gasteiger partial charge in [0.05, 0.1) is 34.4 Å². The predicted molar refractivity (Wildman–Crippen MR) is 219 cm³/mol. The van der Waals surface area contributed by atoms with E-state index in [1.54, 1.807) is 0 Å². The smallest absolute Gasteiger partial charge is 0.457 e. The van der Waals surface area contributed by atoms with Crippen LogP contribution in [-0.2, 0) is 27.9 Å². The summed E-state index contributed by atoms with van der Waals surface area (Å²) in [6.07, 6.45) is 45.3. The second-order valence-corrected chi connectivity index (χ2v) is 15.7. The van der Waals surface area contributed by atoms with Crippen molar-refractivity contribution in [2.24, 2.45) is 0 Å². The summed E-state index contributed by atoms with van der Waals surface area (Å²) in [6, 6.07) is 0. The second kappa shape index (κ2) is 35.9. The van der Waals surface area contributed by atoms with Crippen molar-refractivity contribution in [1.82, 2.24) is 0 Å². The highest BCUT2D eigenvalue weighted by atomic mass is 31.2. The van der Waals surface area contributed by atoms with Crippen LogP contribution in [-0.4, -0.2) is 75.6 Å². The maximum atomic E-state index is 12.5. The summed E-state index contributed by atoms with van der Waals surface area (Å²) >= 11 is 0. The first kappa shape index (κ1) is 49.9. The van der Waals surface area contributed by atoms with Crippen LogP contribution in [0.3, 0.4) is 0 Å². The Balaban J connectivity index is 4.14. The summed E-state index contributed by atoms with van der Waals surface area (Å²) in [4.78, 5) is 22.6. The molecule has 8 nitrogen and oxygen atoms in total. The lowest BCUT2D eigenvalue weighted by Gasteiger charge is -2.24. The quantitative estimate of drug-likeness (QED) is 0.0224. The number of hydrogen-bond acceptors (Lipinski definition) is 6. The molecule has 1 N–H and O–H groups in total. The minimum absolute atomic E-state index is 0.0810. The molecule has 0 aromatic carbocycles. The molecule has 0 radical (unpaired) electrons. The second-order valence-electron chi connectivity index (χ2n) is 14.3. The van der Waals surface area contributed by atoms with Gasteiger partial charge in [-0.25, -0.2) is 4.57 Å². The third-order valence-corrected chi connectivity index (χ3v) is 9.02. The fraction of sp³-hybridized carbons (Fsp3) is 0.698. The van der Waals surface area contributed by atoms with Crippen molar-refractivity contribution in [2.75, 3.05) is 54.1 Å². The van der Waals surface area contributed by atoms with Gasteiger partial charge in [0.15, 0.2) is 0 Å². The van der Waals surface area contributed by atoms with E-state index in [2.05, 4.69) is 86.8 Å². The van der Waals surface area contributed by atoms with Crippen LogP contribution in [0.4, 0.5) is 0 Å². The first-order chi connectivity index (χ1) is 25.1. The topological polar surface area (TPSA) is 91.3 Å². The van der Waals surface area contributed by atoms with Crippen LogP contribution in [0.5, 0.6) is 0 Å². The van der Waals surface area contributed by atoms with Crippen LogP contribution in [0.2, 0.25) is 0 Å². The average molecular weight is 751 g/mol. The fourth-order valence-electron chi connectivity index (χ4n) is 4.91. The molecule has 0 rings (SSSR count). The SMILES string of the molecule is CC/C=C\C/C=C\C/C=C\C/C=C\C/C=C\C/C=C\CCCCCCCOCC(COP(=O)(O)OCC[N+](C)(C)C)OC(=O)CCCCCCCC. The molecule has 0 aromatic rings. The Morgan fingerprint density at radius 2 is 1.12 bits per heavy atom. The standard InChI is InChI=1S/C43H76NO7P/c1-6-8-10-12-14-15-16-17-18-19-20-21-22-23-24-25-26-27-28-29-30-31-33-35-38-48-40-42(51-43(45)36-34-32-13-11-9-7-2)41-50-52(46,47)49-39-37-44(3,4)5/h8,10,14-15,17-18,20-21,23-24,26-27,42H,6-7,9,11-13,16,19,22,25,28-41H2,1-5H3/p+1/b10-8-,15-14-,18-17-,21-20-,24-23-,27-26-. The maximum Gasteiger partial charge on any atom is 0.472 e. The molecule has 0 aromatic heterocycles. The Labute approximate surface area is 319 Å². The zero-order valence-electron chi connectivity index (χ0n) is 33.8. The molecule has 2 unspecified atom stereocenters. The third kappa shape index (κ3) is 39.2. The monoisotopic (exact) mass is 751 g/mol. The van der Waals surface area contributed by atoms with Gasteiger partial charge in [-0.2, -0.15) is 0 Å². The van der Waals surface area contributed by atoms with Gasteiger partial charge in [-0.1, -0.05) is 138 Å². The van der Waals surface area contributed by atoms with E-state index < -0.39 is 13.9 Å². The molecule has 0 spiro atoms. The van der Waals surface area contributed by atoms with E-state index in [4.69, 9.17) is 18.5 Å². The number of esters is 1. The predicted octanol–water partition coefficient (Wildman–Crippen LogP) is 11.5. The molecular formula is C43H77NO7P+. The Morgan fingerprint density at radius 3 is 1.67 bits per heavy atom. The van der Waals surface area contributed by atoms with Crippen molar-refractivity contribution in [3.8, 4) is 0 Å². The van der Waals surface area contributed by atoms with E-state index in [9.17, 15) is 14.3 Å². The van der Waals surface area contributed by atoms with Crippen LogP contribution in [0.1, 0.15) is 136 Å². The summed E-state index contributed by atoms with van der Waals surface area (Å²) in [5.41, 5.74) is 0. The minimum Gasteiger partial charge on any atom is -0.457 e. The minimum atomic E-state index is -4.27. The van der Waals surface area contributed by atoms with Crippen molar-refractivity contribution in [3.05, 3.63) is 72.9 Å². The summed E-state index contributed by atoms with van der Waals surface area (Å²) in [7, 11) is 1.64. The van der Waals surface area contributed by atoms with Crippen LogP contribution in [0, 0.1) is 0 Å². The van der Waals surface area contributed by atoms with Gasteiger partial charge in [0.2, 0.25) is 0 Å². The van der Waals surface area contributed by atoms with E-state index in [1.165, 1.54) is 32.1 Å². The lowest BCUT2D eigenvalue weighted by Crippen LogP contribution is -2.37. The van der Waals surface area contributed by atoms with Gasteiger partial charge >= 0.3 is 13.8 Å². The molecule has 0 bridgehead atoms. The Bertz CT molecular complexity index is 1060. The molecule has 52 heavy (non-hydrogen) atoms. The van der Waals surface area contributed by atoms with Gasteiger partial charge in [0, 0.05) is 13.0 Å². The van der Waals surface area contributed by atoms with E-state index >= 15 is 0 Å². The lowest BCUT2D eigenvalue weighted by atomic mass is 10.1. The number of unbranched alkanes of at least 4 members (excludes halogenated alkanes) is 10. The average Bonchev–Trinajstić information content (AvgIpc) is 3.09. The fourth-order valence-corrected chi connectivity index (χ4v) is 5.65. The number of hydrogen-bond donors (Lipinski definition) is 1. The van der Waals surface area contributed by atoms with Crippen molar-refractivity contribution in [3.63, 3.8) is 0 Å². The Kier molecular flexibility index (Phi) is 34.5. The number of nitrogens with zero attached hydrogens (tertiary/aromatic N) is 1. The van der Waals surface area contributed by atoms with Gasteiger partial charge in [0.1, 0.15) is 19.3 Å². The maximum absolute atomic E-state index is 12.5. The number of phosphoric ester groups is 1. The molecule has 0 amide bonds. The van der Waals surface area contributed by atoms with Crippen molar-refractivity contribution < 1.29 is 37.3 Å². The van der Waals surface area contributed by atoms with Crippen molar-refractivity contribution >= 4 is 13.8 Å². The van der Waals surface area contributed by atoms with Crippen LogP contribution >= 0.6 is 7.82 Å². The van der Waals surface area contributed by atoms with Crippen LogP contribution in [0.25, 0.3) is 0 Å². The number of phosphoric acid groups is 1. The van der Waals surface area contributed by atoms with Gasteiger partial charge in [-0.3, -0.25) is 13.8 Å². The van der Waals surface area contributed by atoms with Gasteiger partial charge in [-0.15, -0.1) is 0 Å². The molecule has 0 aliphatic rings. The molecule has 0 saturated carbocycles. The summed E-state index contributed by atoms with van der Waals surface area (Å²) in [5.74, 6) is -0.335. The largest absolute Gasteiger partial charge is 0.472 e. The molecule has 9 heteroatoms. The number of carbonyl (C=O) groups excluding carboxylic acids is 1. The molecule has 2 atom stereocenters. The highest BCUT2D eigenvalue weighted by Crippen LogP contribution is 2.43. The molecule has 0 heterocycles. The van der Waals surface area contributed by atoms with E-state index in [1.807, 2.05) is 21.1 Å². The molecule has 0 aliphatic heterocycles. The van der Waals surface area contributed by atoms with Gasteiger partial charge in [-0.05, 0) is 64.2 Å². The number of carbonyl (C=O) groups is 1. The summed E-state index contributed by atoms with van der Waals surface area (Å²) in [6.45, 7) is 5.36. The number of rotatable bonds is 36. The van der Waals surface area contributed by atoms with Crippen molar-refractivity contribution in [2.45, 2.75) is 142 Å². The van der Waals surface area contributed by atoms with Crippen molar-refractivity contribution in [1.29, 1.82) is 0 Å². The van der Waals surface area contributed by atoms with E-state index in [0.29, 0.717) is 24.1 Å². The number of quaternary nitrogens is 1. The molecular weight excluding hydrogens is 673 g/mol. The van der Waals surface area contributed by atoms with Gasteiger partial charge in [0.25, 0.3) is 0 Å². The molecule has 0 saturated heterocycles. The highest BCUT2D eigenvalue weighted by molar-refractivity contribution is 7.47. The Hall–Kier alpha value is -2.06. The highest BCUT2D eigenvalue weighted by Gasteiger charge is 2.26. The first-order valence-corrected chi connectivity index (χ1v) is 21.7. The van der Waals surface area contributed by atoms with E-state index in [0.717, 1.165) is 83.5 Å². The molecule has 0 aliphatic carbocycles. The van der Waals surface area contributed by atoms with Crippen LogP contribution < -0.4 is 0 Å². The van der Waals surface area contributed by atoms with Gasteiger partial charge < -0.3 is 18.9 Å². The number of allylic oxidation sites excluding steroid dienone is 12. The zero-order valence-corrected chi connectivity index (χ0v) is 34.7. The summed E-state index contributed by atoms with van der Waals surface area (Å²) < 4.78 is 34.7. The first-order valence-electron chi connectivity index (χ1n) is 20.2. The number of ether oxygens (including phenoxy) is 2.